The number of piperazine rings is 1. The van der Waals surface area contributed by atoms with Crippen LogP contribution in [0.3, 0.4) is 0 Å². The van der Waals surface area contributed by atoms with E-state index in [2.05, 4.69) is 20.1 Å². The third-order valence-electron chi connectivity index (χ3n) is 5.49. The van der Waals surface area contributed by atoms with Gasteiger partial charge in [0.05, 0.1) is 5.69 Å². The van der Waals surface area contributed by atoms with Crippen molar-refractivity contribution in [2.45, 2.75) is 40.0 Å². The zero-order valence-corrected chi connectivity index (χ0v) is 17.6. The second kappa shape index (κ2) is 7.95. The Labute approximate surface area is 177 Å². The topological polar surface area (TPSA) is 71.6 Å². The lowest BCUT2D eigenvalue weighted by atomic mass is 10.2. The second-order valence-corrected chi connectivity index (χ2v) is 7.74. The number of rotatable bonds is 4. The Hall–Kier alpha value is -2.95. The normalized spacial score (nSPS) is 15.7. The summed E-state index contributed by atoms with van der Waals surface area (Å²) in [7, 11) is 0. The van der Waals surface area contributed by atoms with E-state index < -0.39 is 11.9 Å². The summed E-state index contributed by atoms with van der Waals surface area (Å²) in [4.78, 5) is 20.8. The molecule has 1 amide bonds. The van der Waals surface area contributed by atoms with E-state index in [0.717, 1.165) is 30.4 Å². The van der Waals surface area contributed by atoms with Gasteiger partial charge in [0.2, 0.25) is 0 Å². The largest absolute Gasteiger partial charge is 0.433 e. The molecule has 3 aromatic heterocycles. The average Bonchev–Trinajstić information content (AvgIpc) is 3.30. The molecule has 0 aliphatic carbocycles. The van der Waals surface area contributed by atoms with Crippen LogP contribution >= 0.6 is 0 Å². The number of carbonyl (C=O) groups is 1. The molecule has 1 aliphatic rings. The Kier molecular flexibility index (Phi) is 5.46. The van der Waals surface area contributed by atoms with E-state index in [4.69, 9.17) is 0 Å². The van der Waals surface area contributed by atoms with Crippen molar-refractivity contribution in [3.8, 4) is 0 Å². The molecule has 0 saturated carbocycles. The van der Waals surface area contributed by atoms with Gasteiger partial charge >= 0.3 is 6.18 Å². The van der Waals surface area contributed by atoms with Crippen LogP contribution < -0.4 is 0 Å². The first kappa shape index (κ1) is 21.3. The Morgan fingerprint density at radius 1 is 1.10 bits per heavy atom. The Morgan fingerprint density at radius 2 is 1.81 bits per heavy atom. The van der Waals surface area contributed by atoms with Gasteiger partial charge in [-0.15, -0.1) is 0 Å². The van der Waals surface area contributed by atoms with Gasteiger partial charge in [-0.25, -0.2) is 9.50 Å². The molecule has 1 saturated heterocycles. The van der Waals surface area contributed by atoms with E-state index in [9.17, 15) is 18.0 Å². The van der Waals surface area contributed by atoms with Gasteiger partial charge in [0.25, 0.3) is 5.91 Å². The molecule has 0 spiro atoms. The number of fused-ring (bicyclic) bond motifs is 1. The average molecular weight is 435 g/mol. The fourth-order valence-electron chi connectivity index (χ4n) is 3.79. The smallest absolute Gasteiger partial charge is 0.335 e. The van der Waals surface area contributed by atoms with Gasteiger partial charge in [0, 0.05) is 62.8 Å². The summed E-state index contributed by atoms with van der Waals surface area (Å²) in [5.74, 6) is -0.383. The molecule has 1 aliphatic heterocycles. The zero-order chi connectivity index (χ0) is 22.3. The summed E-state index contributed by atoms with van der Waals surface area (Å²) in [6, 6.07) is 2.25. The van der Waals surface area contributed by atoms with Crippen molar-refractivity contribution in [2.75, 3.05) is 26.2 Å². The standard InChI is InChI=1S/C20H24F3N7O/c1-4-29-12-15(14(3)25-29)11-27-5-7-28(8-6-27)19(31)16-10-18-24-13(2)9-17(20(21,22)23)30(18)26-16/h9-10,12H,4-8,11H2,1-3H3. The SMILES string of the molecule is CCn1cc(CN2CCN(C(=O)c3cc4nc(C)cc(C(F)(F)F)n4n3)CC2)c(C)n1. The highest BCUT2D eigenvalue weighted by Gasteiger charge is 2.35. The van der Waals surface area contributed by atoms with Crippen LogP contribution in [0.5, 0.6) is 0 Å². The Balaban J connectivity index is 1.46. The zero-order valence-electron chi connectivity index (χ0n) is 17.6. The predicted octanol–water partition coefficient (Wildman–Crippen LogP) is 2.54. The highest BCUT2D eigenvalue weighted by atomic mass is 19.4. The molecular formula is C20H24F3N7O. The van der Waals surface area contributed by atoms with E-state index in [-0.39, 0.29) is 22.9 Å². The molecule has 4 heterocycles. The van der Waals surface area contributed by atoms with Gasteiger partial charge < -0.3 is 4.90 Å². The van der Waals surface area contributed by atoms with Gasteiger partial charge in [-0.05, 0) is 26.8 Å². The van der Waals surface area contributed by atoms with Crippen LogP contribution in [-0.2, 0) is 19.3 Å². The number of halogens is 3. The van der Waals surface area contributed by atoms with E-state index in [0.29, 0.717) is 30.7 Å². The van der Waals surface area contributed by atoms with Crippen molar-refractivity contribution in [2.24, 2.45) is 0 Å². The molecule has 1 fully saturated rings. The molecule has 0 unspecified atom stereocenters. The molecule has 0 radical (unpaired) electrons. The lowest BCUT2D eigenvalue weighted by Gasteiger charge is -2.34. The molecule has 0 bridgehead atoms. The van der Waals surface area contributed by atoms with Crippen LogP contribution in [0.1, 0.15) is 40.1 Å². The van der Waals surface area contributed by atoms with Crippen LogP contribution in [-0.4, -0.2) is 66.3 Å². The predicted molar refractivity (Wildman–Crippen MR) is 107 cm³/mol. The molecule has 31 heavy (non-hydrogen) atoms. The van der Waals surface area contributed by atoms with Crippen LogP contribution in [0.25, 0.3) is 5.65 Å². The van der Waals surface area contributed by atoms with Crippen LogP contribution in [0.15, 0.2) is 18.3 Å². The highest BCUT2D eigenvalue weighted by Crippen LogP contribution is 2.30. The van der Waals surface area contributed by atoms with E-state index in [1.54, 1.807) is 4.90 Å². The molecule has 11 heteroatoms. The van der Waals surface area contributed by atoms with Crippen molar-refractivity contribution in [1.29, 1.82) is 0 Å². The molecule has 0 aromatic carbocycles. The van der Waals surface area contributed by atoms with E-state index in [1.165, 1.54) is 13.0 Å². The lowest BCUT2D eigenvalue weighted by molar-refractivity contribution is -0.142. The van der Waals surface area contributed by atoms with E-state index in [1.807, 2.05) is 24.7 Å². The number of amides is 1. The number of hydrogen-bond acceptors (Lipinski definition) is 5. The fraction of sp³-hybridized carbons (Fsp3) is 0.500. The summed E-state index contributed by atoms with van der Waals surface area (Å²) >= 11 is 0. The summed E-state index contributed by atoms with van der Waals surface area (Å²) in [6.07, 6.45) is -2.55. The van der Waals surface area contributed by atoms with Gasteiger partial charge in [-0.1, -0.05) is 0 Å². The lowest BCUT2D eigenvalue weighted by Crippen LogP contribution is -2.48. The maximum Gasteiger partial charge on any atom is 0.433 e. The minimum Gasteiger partial charge on any atom is -0.335 e. The number of aryl methyl sites for hydroxylation is 3. The van der Waals surface area contributed by atoms with Crippen molar-refractivity contribution < 1.29 is 18.0 Å². The maximum atomic E-state index is 13.3. The minimum absolute atomic E-state index is 0.0118. The second-order valence-electron chi connectivity index (χ2n) is 7.74. The van der Waals surface area contributed by atoms with Gasteiger partial charge in [-0.3, -0.25) is 14.4 Å². The number of alkyl halides is 3. The van der Waals surface area contributed by atoms with Crippen LogP contribution in [0, 0.1) is 13.8 Å². The first-order valence-electron chi connectivity index (χ1n) is 10.1. The molecule has 166 valence electrons. The third-order valence-corrected chi connectivity index (χ3v) is 5.49. The summed E-state index contributed by atoms with van der Waals surface area (Å²) in [6.45, 7) is 9.35. The molecule has 3 aromatic rings. The third kappa shape index (κ3) is 4.27. The Bertz CT molecular complexity index is 1110. The number of carbonyl (C=O) groups excluding carboxylic acids is 1. The highest BCUT2D eigenvalue weighted by molar-refractivity contribution is 5.93. The van der Waals surface area contributed by atoms with Gasteiger partial charge in [0.15, 0.2) is 11.3 Å². The van der Waals surface area contributed by atoms with Crippen molar-refractivity contribution in [3.05, 3.63) is 46.7 Å². The molecule has 0 atom stereocenters. The number of nitrogens with zero attached hydrogens (tertiary/aromatic N) is 7. The number of hydrogen-bond donors (Lipinski definition) is 0. The first-order chi connectivity index (χ1) is 14.7. The molecule has 8 nitrogen and oxygen atoms in total. The monoisotopic (exact) mass is 435 g/mol. The van der Waals surface area contributed by atoms with Crippen molar-refractivity contribution in [1.82, 2.24) is 34.2 Å². The van der Waals surface area contributed by atoms with E-state index >= 15 is 0 Å². The molecular weight excluding hydrogens is 411 g/mol. The number of aromatic nitrogens is 5. The summed E-state index contributed by atoms with van der Waals surface area (Å²) in [5.41, 5.74) is 1.40. The maximum absolute atomic E-state index is 13.3. The van der Waals surface area contributed by atoms with Gasteiger partial charge in [0.1, 0.15) is 5.69 Å². The Morgan fingerprint density at radius 3 is 2.42 bits per heavy atom. The fourth-order valence-corrected chi connectivity index (χ4v) is 3.79. The van der Waals surface area contributed by atoms with Crippen LogP contribution in [0.2, 0.25) is 0 Å². The van der Waals surface area contributed by atoms with Crippen LogP contribution in [0.4, 0.5) is 13.2 Å². The minimum atomic E-state index is -4.59. The van der Waals surface area contributed by atoms with Crippen molar-refractivity contribution in [3.63, 3.8) is 0 Å². The van der Waals surface area contributed by atoms with Gasteiger partial charge in [-0.2, -0.15) is 23.4 Å². The summed E-state index contributed by atoms with van der Waals surface area (Å²) < 4.78 is 42.6. The quantitative estimate of drug-likeness (QED) is 0.630. The molecule has 0 N–H and O–H groups in total. The molecule has 4 rings (SSSR count). The first-order valence-corrected chi connectivity index (χ1v) is 10.1. The van der Waals surface area contributed by atoms with Crippen molar-refractivity contribution >= 4 is 11.6 Å². The summed E-state index contributed by atoms with van der Waals surface area (Å²) in [5, 5.41) is 8.38.